The van der Waals surface area contributed by atoms with Crippen LogP contribution in [0, 0.1) is 0 Å². The van der Waals surface area contributed by atoms with E-state index in [1.807, 2.05) is 22.7 Å². The van der Waals surface area contributed by atoms with Crippen LogP contribution in [-0.2, 0) is 11.2 Å². The van der Waals surface area contributed by atoms with E-state index in [1.165, 1.54) is 0 Å². The molecule has 0 aliphatic carbocycles. The molecule has 5 heteroatoms. The van der Waals surface area contributed by atoms with Gasteiger partial charge < -0.3 is 14.2 Å². The number of fused-ring (bicyclic) bond motifs is 1. The third-order valence-electron chi connectivity index (χ3n) is 2.38. The van der Waals surface area contributed by atoms with Gasteiger partial charge in [0.05, 0.1) is 25.2 Å². The molecule has 0 spiro atoms. The van der Waals surface area contributed by atoms with Gasteiger partial charge >= 0.3 is 5.97 Å². The summed E-state index contributed by atoms with van der Waals surface area (Å²) in [6.07, 6.45) is 4.05. The Bertz CT molecular complexity index is 519. The molecule has 0 aliphatic heterocycles. The van der Waals surface area contributed by atoms with Crippen molar-refractivity contribution in [1.29, 1.82) is 0 Å². The highest BCUT2D eigenvalue weighted by atomic mass is 16.5. The summed E-state index contributed by atoms with van der Waals surface area (Å²) in [5, 5.41) is 8.61. The molecule has 0 bridgehead atoms. The SMILES string of the molecule is COc1ccn2c(CCC(=O)O)ncc2c1. The second-order valence-corrected chi connectivity index (χ2v) is 3.43. The van der Waals surface area contributed by atoms with Gasteiger partial charge in [0, 0.05) is 18.7 Å². The largest absolute Gasteiger partial charge is 0.497 e. The van der Waals surface area contributed by atoms with E-state index in [1.54, 1.807) is 13.3 Å². The Balaban J connectivity index is 2.30. The van der Waals surface area contributed by atoms with Crippen LogP contribution >= 0.6 is 0 Å². The van der Waals surface area contributed by atoms with Crippen molar-refractivity contribution in [3.05, 3.63) is 30.4 Å². The fourth-order valence-electron chi connectivity index (χ4n) is 1.57. The predicted octanol–water partition coefficient (Wildman–Crippen LogP) is 1.36. The first-order chi connectivity index (χ1) is 7.70. The summed E-state index contributed by atoms with van der Waals surface area (Å²) in [5.41, 5.74) is 0.903. The lowest BCUT2D eigenvalue weighted by Crippen LogP contribution is -2.01. The zero-order valence-corrected chi connectivity index (χ0v) is 8.88. The number of rotatable bonds is 4. The molecule has 84 valence electrons. The molecule has 16 heavy (non-hydrogen) atoms. The van der Waals surface area contributed by atoms with Gasteiger partial charge in [-0.05, 0) is 6.07 Å². The van der Waals surface area contributed by atoms with Gasteiger partial charge in [-0.15, -0.1) is 0 Å². The Kier molecular flexibility index (Phi) is 2.76. The molecular weight excluding hydrogens is 208 g/mol. The topological polar surface area (TPSA) is 63.8 Å². The van der Waals surface area contributed by atoms with Crippen LogP contribution in [0.3, 0.4) is 0 Å². The Hall–Kier alpha value is -2.04. The third kappa shape index (κ3) is 1.98. The van der Waals surface area contributed by atoms with Crippen LogP contribution in [0.1, 0.15) is 12.2 Å². The number of aryl methyl sites for hydroxylation is 1. The normalized spacial score (nSPS) is 10.6. The maximum Gasteiger partial charge on any atom is 0.303 e. The molecule has 2 aromatic rings. The molecule has 0 amide bonds. The lowest BCUT2D eigenvalue weighted by atomic mass is 10.3. The maximum atomic E-state index is 10.5. The highest BCUT2D eigenvalue weighted by Gasteiger charge is 2.06. The second kappa shape index (κ2) is 4.22. The number of pyridine rings is 1. The summed E-state index contributed by atoms with van der Waals surface area (Å²) < 4.78 is 6.96. The number of carboxylic acids is 1. The van der Waals surface area contributed by atoms with Crippen molar-refractivity contribution in [2.75, 3.05) is 7.11 Å². The zero-order chi connectivity index (χ0) is 11.5. The van der Waals surface area contributed by atoms with E-state index >= 15 is 0 Å². The first-order valence-electron chi connectivity index (χ1n) is 4.92. The fraction of sp³-hybridized carbons (Fsp3) is 0.273. The van der Waals surface area contributed by atoms with Gasteiger partial charge in [0.2, 0.25) is 0 Å². The fourth-order valence-corrected chi connectivity index (χ4v) is 1.57. The van der Waals surface area contributed by atoms with Gasteiger partial charge in [0.25, 0.3) is 0 Å². The molecule has 0 atom stereocenters. The minimum Gasteiger partial charge on any atom is -0.497 e. The average molecular weight is 220 g/mol. The van der Waals surface area contributed by atoms with Gasteiger partial charge in [-0.3, -0.25) is 4.79 Å². The Morgan fingerprint density at radius 2 is 2.44 bits per heavy atom. The number of aromatic nitrogens is 2. The van der Waals surface area contributed by atoms with Crippen LogP contribution in [0.5, 0.6) is 5.75 Å². The van der Waals surface area contributed by atoms with Crippen LogP contribution < -0.4 is 4.74 Å². The smallest absolute Gasteiger partial charge is 0.303 e. The average Bonchev–Trinajstić information content (AvgIpc) is 2.68. The Morgan fingerprint density at radius 1 is 1.62 bits per heavy atom. The van der Waals surface area contributed by atoms with Crippen molar-refractivity contribution in [3.63, 3.8) is 0 Å². The quantitative estimate of drug-likeness (QED) is 0.845. The number of hydrogen-bond acceptors (Lipinski definition) is 3. The van der Waals surface area contributed by atoms with E-state index in [0.29, 0.717) is 6.42 Å². The molecule has 2 aromatic heterocycles. The summed E-state index contributed by atoms with van der Waals surface area (Å²) in [6.45, 7) is 0. The highest BCUT2D eigenvalue weighted by molar-refractivity contribution is 5.67. The zero-order valence-electron chi connectivity index (χ0n) is 8.88. The number of imidazole rings is 1. The third-order valence-corrected chi connectivity index (χ3v) is 2.38. The van der Waals surface area contributed by atoms with Crippen molar-refractivity contribution in [1.82, 2.24) is 9.38 Å². The van der Waals surface area contributed by atoms with Gasteiger partial charge in [-0.1, -0.05) is 0 Å². The van der Waals surface area contributed by atoms with E-state index in [4.69, 9.17) is 9.84 Å². The molecular formula is C11H12N2O3. The first kappa shape index (κ1) is 10.5. The molecule has 0 unspecified atom stereocenters. The molecule has 0 aliphatic rings. The van der Waals surface area contributed by atoms with Crippen molar-refractivity contribution in [3.8, 4) is 5.75 Å². The monoisotopic (exact) mass is 220 g/mol. The minimum atomic E-state index is -0.815. The van der Waals surface area contributed by atoms with Gasteiger partial charge in [-0.25, -0.2) is 4.98 Å². The van der Waals surface area contributed by atoms with Crippen LogP contribution in [0.15, 0.2) is 24.5 Å². The summed E-state index contributed by atoms with van der Waals surface area (Å²) in [4.78, 5) is 14.7. The summed E-state index contributed by atoms with van der Waals surface area (Å²) in [6, 6.07) is 3.68. The molecule has 2 heterocycles. The number of methoxy groups -OCH3 is 1. The van der Waals surface area contributed by atoms with Crippen LogP contribution in [-0.4, -0.2) is 27.6 Å². The van der Waals surface area contributed by atoms with E-state index in [0.717, 1.165) is 17.1 Å². The molecule has 0 saturated carbocycles. The Labute approximate surface area is 92.3 Å². The van der Waals surface area contributed by atoms with Gasteiger partial charge in [0.1, 0.15) is 11.6 Å². The van der Waals surface area contributed by atoms with E-state index in [9.17, 15) is 4.79 Å². The number of ether oxygens (including phenoxy) is 1. The highest BCUT2D eigenvalue weighted by Crippen LogP contribution is 2.15. The summed E-state index contributed by atoms with van der Waals surface area (Å²) in [5.74, 6) is 0.697. The molecule has 2 rings (SSSR count). The van der Waals surface area contributed by atoms with Crippen LogP contribution in [0.25, 0.3) is 5.52 Å². The maximum absolute atomic E-state index is 10.5. The molecule has 0 saturated heterocycles. The Morgan fingerprint density at radius 3 is 3.12 bits per heavy atom. The molecule has 5 nitrogen and oxygen atoms in total. The molecule has 0 fully saturated rings. The van der Waals surface area contributed by atoms with E-state index in [-0.39, 0.29) is 6.42 Å². The molecule has 1 N–H and O–H groups in total. The number of hydrogen-bond donors (Lipinski definition) is 1. The van der Waals surface area contributed by atoms with Crippen molar-refractivity contribution in [2.24, 2.45) is 0 Å². The van der Waals surface area contributed by atoms with Gasteiger partial charge in [-0.2, -0.15) is 0 Å². The van der Waals surface area contributed by atoms with Crippen molar-refractivity contribution >= 4 is 11.5 Å². The predicted molar refractivity (Wildman–Crippen MR) is 57.7 cm³/mol. The first-order valence-corrected chi connectivity index (χ1v) is 4.92. The van der Waals surface area contributed by atoms with Crippen molar-refractivity contribution in [2.45, 2.75) is 12.8 Å². The lowest BCUT2D eigenvalue weighted by molar-refractivity contribution is -0.137. The summed E-state index contributed by atoms with van der Waals surface area (Å²) in [7, 11) is 1.60. The number of carbonyl (C=O) groups is 1. The number of carboxylic acid groups (broad SMARTS) is 1. The standard InChI is InChI=1S/C11H12N2O3/c1-16-9-4-5-13-8(6-9)7-12-10(13)2-3-11(14)15/h4-7H,2-3H2,1H3,(H,14,15). The van der Waals surface area contributed by atoms with Crippen LogP contribution in [0.4, 0.5) is 0 Å². The lowest BCUT2D eigenvalue weighted by Gasteiger charge is -2.02. The number of nitrogens with zero attached hydrogens (tertiary/aromatic N) is 2. The second-order valence-electron chi connectivity index (χ2n) is 3.43. The number of aliphatic carboxylic acids is 1. The summed E-state index contributed by atoms with van der Waals surface area (Å²) >= 11 is 0. The van der Waals surface area contributed by atoms with E-state index in [2.05, 4.69) is 4.98 Å². The van der Waals surface area contributed by atoms with Crippen LogP contribution in [0.2, 0.25) is 0 Å². The van der Waals surface area contributed by atoms with E-state index < -0.39 is 5.97 Å². The molecule has 0 aromatic carbocycles. The minimum absolute atomic E-state index is 0.0884. The van der Waals surface area contributed by atoms with Crippen molar-refractivity contribution < 1.29 is 14.6 Å². The van der Waals surface area contributed by atoms with Gasteiger partial charge in [0.15, 0.2) is 0 Å². The molecule has 0 radical (unpaired) electrons.